The van der Waals surface area contributed by atoms with Gasteiger partial charge in [-0.15, -0.1) is 24.8 Å². The lowest BCUT2D eigenvalue weighted by atomic mass is 10.1. The summed E-state index contributed by atoms with van der Waals surface area (Å²) in [6, 6.07) is 8.01. The zero-order valence-corrected chi connectivity index (χ0v) is 16.4. The second-order valence-electron chi connectivity index (χ2n) is 6.29. The molecule has 1 fully saturated rings. The third-order valence-corrected chi connectivity index (χ3v) is 4.49. The molecule has 0 unspecified atom stereocenters. The minimum atomic E-state index is -0.0559. The number of aromatic nitrogens is 3. The Bertz CT molecular complexity index is 643. The van der Waals surface area contributed by atoms with Crippen LogP contribution in [0.5, 0.6) is 0 Å². The maximum absolute atomic E-state index is 12.3. The molecule has 0 saturated heterocycles. The minimum absolute atomic E-state index is 0. The molecule has 1 amide bonds. The monoisotopic (exact) mass is 399 g/mol. The highest BCUT2D eigenvalue weighted by molar-refractivity contribution is 5.94. The van der Waals surface area contributed by atoms with Crippen LogP contribution in [0.4, 0.5) is 0 Å². The van der Waals surface area contributed by atoms with Crippen molar-refractivity contribution in [1.29, 1.82) is 0 Å². The lowest BCUT2D eigenvalue weighted by molar-refractivity contribution is 0.0953. The smallest absolute Gasteiger partial charge is 0.251 e. The van der Waals surface area contributed by atoms with Gasteiger partial charge in [-0.3, -0.25) is 4.79 Å². The van der Waals surface area contributed by atoms with Gasteiger partial charge >= 0.3 is 0 Å². The largest absolute Gasteiger partial charge is 0.351 e. The highest BCUT2D eigenvalue weighted by Gasteiger charge is 2.11. The molecule has 1 aliphatic rings. The van der Waals surface area contributed by atoms with E-state index in [-0.39, 0.29) is 30.7 Å². The molecule has 144 valence electrons. The summed E-state index contributed by atoms with van der Waals surface area (Å²) in [5, 5.41) is 10.6. The standard InChI is InChI=1S/C18H25N5O.2ClH/c24-18(21-11-10-20-16-7-3-1-2-4-8-16)15-6-5-9-17(12-15)23-14-19-13-22-23;;/h5-6,9,12-14,16,20H,1-4,7-8,10-11H2,(H,21,24);2*1H. The molecule has 1 heterocycles. The van der Waals surface area contributed by atoms with Gasteiger partial charge in [0.2, 0.25) is 0 Å². The molecule has 1 aliphatic carbocycles. The molecule has 8 heteroatoms. The SMILES string of the molecule is Cl.Cl.O=C(NCCNC1CCCCCC1)c1cccc(-n2cncn2)c1. The predicted molar refractivity (Wildman–Crippen MR) is 108 cm³/mol. The van der Waals surface area contributed by atoms with Gasteiger partial charge in [-0.2, -0.15) is 5.10 Å². The van der Waals surface area contributed by atoms with E-state index in [1.165, 1.54) is 44.9 Å². The number of nitrogens with one attached hydrogen (secondary N) is 2. The third-order valence-electron chi connectivity index (χ3n) is 4.49. The Balaban J connectivity index is 0.00000169. The summed E-state index contributed by atoms with van der Waals surface area (Å²) in [4.78, 5) is 16.2. The normalized spacial score (nSPS) is 14.6. The third kappa shape index (κ3) is 6.59. The van der Waals surface area contributed by atoms with Gasteiger partial charge in [0.1, 0.15) is 12.7 Å². The number of hydrogen-bond donors (Lipinski definition) is 2. The zero-order chi connectivity index (χ0) is 16.6. The van der Waals surface area contributed by atoms with Gasteiger partial charge in [-0.25, -0.2) is 9.67 Å². The minimum Gasteiger partial charge on any atom is -0.351 e. The highest BCUT2D eigenvalue weighted by Crippen LogP contribution is 2.16. The van der Waals surface area contributed by atoms with Crippen LogP contribution >= 0.6 is 24.8 Å². The molecule has 0 bridgehead atoms. The van der Waals surface area contributed by atoms with E-state index in [9.17, 15) is 4.79 Å². The predicted octanol–water partition coefficient (Wildman–Crippen LogP) is 3.15. The molecule has 26 heavy (non-hydrogen) atoms. The molecule has 1 aromatic carbocycles. The van der Waals surface area contributed by atoms with Gasteiger partial charge in [0, 0.05) is 24.7 Å². The fraction of sp³-hybridized carbons (Fsp3) is 0.500. The Morgan fingerprint density at radius 2 is 1.88 bits per heavy atom. The van der Waals surface area contributed by atoms with Crippen LogP contribution in [0.2, 0.25) is 0 Å². The van der Waals surface area contributed by atoms with Gasteiger partial charge in [-0.05, 0) is 31.0 Å². The Morgan fingerprint density at radius 3 is 2.58 bits per heavy atom. The number of carbonyl (C=O) groups is 1. The average Bonchev–Trinajstić information content (AvgIpc) is 3.03. The molecule has 0 spiro atoms. The molecule has 3 rings (SSSR count). The van der Waals surface area contributed by atoms with Gasteiger partial charge < -0.3 is 10.6 Å². The first-order valence-corrected chi connectivity index (χ1v) is 8.79. The number of benzene rings is 1. The Hall–Kier alpha value is -1.63. The number of halogens is 2. The van der Waals surface area contributed by atoms with Crippen molar-refractivity contribution >= 4 is 30.7 Å². The van der Waals surface area contributed by atoms with Crippen LogP contribution in [-0.4, -0.2) is 39.8 Å². The van der Waals surface area contributed by atoms with Gasteiger partial charge in [0.25, 0.3) is 5.91 Å². The fourth-order valence-electron chi connectivity index (χ4n) is 3.17. The summed E-state index contributed by atoms with van der Waals surface area (Å²) in [6.07, 6.45) is 11.0. The topological polar surface area (TPSA) is 71.8 Å². The number of hydrogen-bond acceptors (Lipinski definition) is 4. The van der Waals surface area contributed by atoms with Crippen molar-refractivity contribution in [3.8, 4) is 5.69 Å². The molecule has 1 saturated carbocycles. The van der Waals surface area contributed by atoms with E-state index in [0.29, 0.717) is 18.2 Å². The van der Waals surface area contributed by atoms with Crippen molar-refractivity contribution < 1.29 is 4.79 Å². The summed E-state index contributed by atoms with van der Waals surface area (Å²) in [7, 11) is 0. The van der Waals surface area contributed by atoms with E-state index in [2.05, 4.69) is 20.7 Å². The lowest BCUT2D eigenvalue weighted by Gasteiger charge is -2.16. The van der Waals surface area contributed by atoms with Gasteiger partial charge in [0.15, 0.2) is 0 Å². The van der Waals surface area contributed by atoms with Crippen LogP contribution in [0.25, 0.3) is 5.69 Å². The van der Waals surface area contributed by atoms with E-state index >= 15 is 0 Å². The van der Waals surface area contributed by atoms with Crippen LogP contribution in [0.1, 0.15) is 48.9 Å². The van der Waals surface area contributed by atoms with Gasteiger partial charge in [0.05, 0.1) is 5.69 Å². The summed E-state index contributed by atoms with van der Waals surface area (Å²) in [5.41, 5.74) is 1.47. The molecule has 0 radical (unpaired) electrons. The Morgan fingerprint density at radius 1 is 1.12 bits per heavy atom. The Labute approximate surface area is 167 Å². The first-order valence-electron chi connectivity index (χ1n) is 8.79. The lowest BCUT2D eigenvalue weighted by Crippen LogP contribution is -2.36. The molecule has 6 nitrogen and oxygen atoms in total. The van der Waals surface area contributed by atoms with E-state index in [0.717, 1.165) is 12.2 Å². The van der Waals surface area contributed by atoms with Crippen molar-refractivity contribution in [3.63, 3.8) is 0 Å². The van der Waals surface area contributed by atoms with E-state index in [1.807, 2.05) is 24.3 Å². The molecule has 0 aliphatic heterocycles. The van der Waals surface area contributed by atoms with Crippen LogP contribution in [0, 0.1) is 0 Å². The van der Waals surface area contributed by atoms with Crippen molar-refractivity contribution in [3.05, 3.63) is 42.5 Å². The molecular weight excluding hydrogens is 373 g/mol. The van der Waals surface area contributed by atoms with E-state index in [4.69, 9.17) is 0 Å². The van der Waals surface area contributed by atoms with Crippen LogP contribution < -0.4 is 10.6 Å². The number of rotatable bonds is 6. The zero-order valence-electron chi connectivity index (χ0n) is 14.8. The Kier molecular flexibility index (Phi) is 10.2. The first kappa shape index (κ1) is 22.4. The molecular formula is C18H27Cl2N5O. The number of carbonyl (C=O) groups excluding carboxylic acids is 1. The molecule has 1 aromatic heterocycles. The molecule has 2 N–H and O–H groups in total. The molecule has 2 aromatic rings. The van der Waals surface area contributed by atoms with Crippen LogP contribution in [0.3, 0.4) is 0 Å². The van der Waals surface area contributed by atoms with Crippen LogP contribution in [-0.2, 0) is 0 Å². The van der Waals surface area contributed by atoms with Crippen molar-refractivity contribution in [2.24, 2.45) is 0 Å². The first-order chi connectivity index (χ1) is 11.8. The second kappa shape index (κ2) is 11.9. The van der Waals surface area contributed by atoms with Crippen molar-refractivity contribution in [2.75, 3.05) is 13.1 Å². The van der Waals surface area contributed by atoms with Crippen LogP contribution in [0.15, 0.2) is 36.9 Å². The summed E-state index contributed by atoms with van der Waals surface area (Å²) in [6.45, 7) is 1.46. The highest BCUT2D eigenvalue weighted by atomic mass is 35.5. The second-order valence-corrected chi connectivity index (χ2v) is 6.29. The molecule has 0 atom stereocenters. The summed E-state index contributed by atoms with van der Waals surface area (Å²) < 4.78 is 1.64. The van der Waals surface area contributed by atoms with E-state index < -0.39 is 0 Å². The number of amides is 1. The number of nitrogens with zero attached hydrogens (tertiary/aromatic N) is 3. The summed E-state index contributed by atoms with van der Waals surface area (Å²) >= 11 is 0. The summed E-state index contributed by atoms with van der Waals surface area (Å²) in [5.74, 6) is -0.0559. The van der Waals surface area contributed by atoms with Crippen molar-refractivity contribution in [1.82, 2.24) is 25.4 Å². The van der Waals surface area contributed by atoms with Gasteiger partial charge in [-0.1, -0.05) is 31.7 Å². The maximum Gasteiger partial charge on any atom is 0.251 e. The fourth-order valence-corrected chi connectivity index (χ4v) is 3.17. The maximum atomic E-state index is 12.3. The van der Waals surface area contributed by atoms with E-state index in [1.54, 1.807) is 11.0 Å². The average molecular weight is 400 g/mol. The van der Waals surface area contributed by atoms with Crippen molar-refractivity contribution in [2.45, 2.75) is 44.6 Å². The quantitative estimate of drug-likeness (QED) is 0.577.